The predicted molar refractivity (Wildman–Crippen MR) is 83.7 cm³/mol. The molecule has 0 bridgehead atoms. The number of nitrogens with zero attached hydrogens (tertiary/aromatic N) is 4. The zero-order chi connectivity index (χ0) is 15.2. The summed E-state index contributed by atoms with van der Waals surface area (Å²) in [6.45, 7) is 5.71. The number of aromatic nitrogens is 1. The van der Waals surface area contributed by atoms with Crippen LogP contribution in [0.15, 0.2) is 30.3 Å². The van der Waals surface area contributed by atoms with Gasteiger partial charge in [0.1, 0.15) is 5.82 Å². The van der Waals surface area contributed by atoms with Gasteiger partial charge in [-0.05, 0) is 18.1 Å². The highest BCUT2D eigenvalue weighted by atomic mass is 15.2. The van der Waals surface area contributed by atoms with E-state index in [1.807, 2.05) is 30.3 Å². The van der Waals surface area contributed by atoms with Crippen molar-refractivity contribution in [3.8, 4) is 12.1 Å². The molecule has 0 aliphatic heterocycles. The van der Waals surface area contributed by atoms with Gasteiger partial charge in [0, 0.05) is 18.5 Å². The molecule has 2 rings (SSSR count). The van der Waals surface area contributed by atoms with Gasteiger partial charge in [0.2, 0.25) is 0 Å². The van der Waals surface area contributed by atoms with Gasteiger partial charge in [0.25, 0.3) is 0 Å². The SMILES string of the molecule is CC(C)CN(CCC#N)c1cc(C#N)c2ccccc2n1. The van der Waals surface area contributed by atoms with Crippen LogP contribution in [0.3, 0.4) is 0 Å². The average Bonchev–Trinajstić information content (AvgIpc) is 2.49. The summed E-state index contributed by atoms with van der Waals surface area (Å²) in [5.41, 5.74) is 1.44. The lowest BCUT2D eigenvalue weighted by atomic mass is 10.1. The molecule has 0 aliphatic carbocycles. The van der Waals surface area contributed by atoms with Gasteiger partial charge in [0.05, 0.1) is 29.6 Å². The number of anilines is 1. The Kier molecular flexibility index (Phi) is 4.74. The first-order valence-corrected chi connectivity index (χ1v) is 7.07. The van der Waals surface area contributed by atoms with Gasteiger partial charge >= 0.3 is 0 Å². The molecule has 1 aromatic carbocycles. The standard InChI is InChI=1S/C17H18N4/c1-13(2)12-21(9-5-8-18)17-10-14(11-19)15-6-3-4-7-16(15)20-17/h3-4,6-7,10,13H,5,9,12H2,1-2H3. The lowest BCUT2D eigenvalue weighted by Gasteiger charge is -2.25. The summed E-state index contributed by atoms with van der Waals surface area (Å²) in [6, 6.07) is 13.9. The molecule has 21 heavy (non-hydrogen) atoms. The van der Waals surface area contributed by atoms with Crippen LogP contribution in [-0.4, -0.2) is 18.1 Å². The first-order chi connectivity index (χ1) is 10.2. The van der Waals surface area contributed by atoms with E-state index >= 15 is 0 Å². The average molecular weight is 278 g/mol. The second-order valence-electron chi connectivity index (χ2n) is 5.40. The zero-order valence-corrected chi connectivity index (χ0v) is 12.4. The van der Waals surface area contributed by atoms with Gasteiger partial charge in [-0.15, -0.1) is 0 Å². The number of benzene rings is 1. The van der Waals surface area contributed by atoms with Crippen LogP contribution in [0, 0.1) is 28.6 Å². The summed E-state index contributed by atoms with van der Waals surface area (Å²) in [5, 5.41) is 19.0. The maximum atomic E-state index is 9.35. The third-order valence-corrected chi connectivity index (χ3v) is 3.23. The molecule has 4 heteroatoms. The van der Waals surface area contributed by atoms with Crippen LogP contribution in [0.25, 0.3) is 10.9 Å². The van der Waals surface area contributed by atoms with E-state index in [-0.39, 0.29) is 0 Å². The van der Waals surface area contributed by atoms with Gasteiger partial charge in [-0.3, -0.25) is 0 Å². The van der Waals surface area contributed by atoms with Crippen LogP contribution in [0.2, 0.25) is 0 Å². The second-order valence-corrected chi connectivity index (χ2v) is 5.40. The minimum Gasteiger partial charge on any atom is -0.355 e. The quantitative estimate of drug-likeness (QED) is 0.840. The van der Waals surface area contributed by atoms with Crippen LogP contribution in [0.5, 0.6) is 0 Å². The third kappa shape index (κ3) is 3.49. The van der Waals surface area contributed by atoms with Gasteiger partial charge < -0.3 is 4.90 Å². The van der Waals surface area contributed by atoms with Crippen LogP contribution in [0.4, 0.5) is 5.82 Å². The minimum absolute atomic E-state index is 0.448. The van der Waals surface area contributed by atoms with E-state index in [4.69, 9.17) is 5.26 Å². The van der Waals surface area contributed by atoms with Crippen LogP contribution in [0.1, 0.15) is 25.8 Å². The Balaban J connectivity index is 2.47. The Morgan fingerprint density at radius 1 is 1.24 bits per heavy atom. The maximum Gasteiger partial charge on any atom is 0.130 e. The number of para-hydroxylation sites is 1. The highest BCUT2D eigenvalue weighted by molar-refractivity contribution is 5.86. The number of rotatable bonds is 5. The van der Waals surface area contributed by atoms with Gasteiger partial charge in [-0.25, -0.2) is 4.98 Å². The minimum atomic E-state index is 0.448. The summed E-state index contributed by atoms with van der Waals surface area (Å²) in [5.74, 6) is 1.23. The van der Waals surface area contributed by atoms with E-state index in [0.717, 1.165) is 23.3 Å². The Hall–Kier alpha value is -2.59. The molecule has 0 saturated carbocycles. The highest BCUT2D eigenvalue weighted by Crippen LogP contribution is 2.23. The molecule has 106 valence electrons. The molecule has 0 atom stereocenters. The molecule has 0 unspecified atom stereocenters. The molecule has 0 N–H and O–H groups in total. The normalized spacial score (nSPS) is 10.3. The summed E-state index contributed by atoms with van der Waals surface area (Å²) >= 11 is 0. The van der Waals surface area contributed by atoms with Crippen molar-refractivity contribution in [1.29, 1.82) is 10.5 Å². The lowest BCUT2D eigenvalue weighted by molar-refractivity contribution is 0.608. The van der Waals surface area contributed by atoms with Crippen molar-refractivity contribution in [3.05, 3.63) is 35.9 Å². The van der Waals surface area contributed by atoms with Crippen LogP contribution >= 0.6 is 0 Å². The molecule has 0 amide bonds. The molecule has 1 heterocycles. The van der Waals surface area contributed by atoms with Crippen molar-refractivity contribution in [2.75, 3.05) is 18.0 Å². The number of hydrogen-bond donors (Lipinski definition) is 0. The Morgan fingerprint density at radius 2 is 2.00 bits per heavy atom. The highest BCUT2D eigenvalue weighted by Gasteiger charge is 2.13. The Morgan fingerprint density at radius 3 is 2.67 bits per heavy atom. The molecule has 0 fully saturated rings. The fraction of sp³-hybridized carbons (Fsp3) is 0.353. The van der Waals surface area contributed by atoms with Crippen molar-refractivity contribution in [2.24, 2.45) is 5.92 Å². The zero-order valence-electron chi connectivity index (χ0n) is 12.4. The predicted octanol–water partition coefficient (Wildman–Crippen LogP) is 3.48. The monoisotopic (exact) mass is 278 g/mol. The number of hydrogen-bond acceptors (Lipinski definition) is 4. The number of pyridine rings is 1. The van der Waals surface area contributed by atoms with E-state index in [9.17, 15) is 5.26 Å². The van der Waals surface area contributed by atoms with E-state index in [2.05, 4.69) is 35.9 Å². The van der Waals surface area contributed by atoms with Crippen LogP contribution in [-0.2, 0) is 0 Å². The van der Waals surface area contributed by atoms with Gasteiger partial charge in [-0.2, -0.15) is 10.5 Å². The first kappa shape index (κ1) is 14.8. The topological polar surface area (TPSA) is 63.7 Å². The number of nitriles is 2. The second kappa shape index (κ2) is 6.72. The molecule has 0 spiro atoms. The molecule has 2 aromatic rings. The van der Waals surface area contributed by atoms with E-state index in [1.54, 1.807) is 0 Å². The largest absolute Gasteiger partial charge is 0.355 e. The molecular weight excluding hydrogens is 260 g/mol. The maximum absolute atomic E-state index is 9.35. The molecule has 0 aliphatic rings. The molecule has 0 radical (unpaired) electrons. The summed E-state index contributed by atoms with van der Waals surface area (Å²) in [4.78, 5) is 6.74. The molecular formula is C17H18N4. The van der Waals surface area contributed by atoms with Crippen molar-refractivity contribution < 1.29 is 0 Å². The fourth-order valence-electron chi connectivity index (χ4n) is 2.34. The van der Waals surface area contributed by atoms with Crippen LogP contribution < -0.4 is 4.90 Å². The summed E-state index contributed by atoms with van der Waals surface area (Å²) < 4.78 is 0. The molecule has 1 aromatic heterocycles. The van der Waals surface area contributed by atoms with Crippen molar-refractivity contribution in [3.63, 3.8) is 0 Å². The van der Waals surface area contributed by atoms with Crippen molar-refractivity contribution in [2.45, 2.75) is 20.3 Å². The Labute approximate surface area is 125 Å². The number of fused-ring (bicyclic) bond motifs is 1. The van der Waals surface area contributed by atoms with Gasteiger partial charge in [-0.1, -0.05) is 32.0 Å². The van der Waals surface area contributed by atoms with E-state index in [1.165, 1.54) is 0 Å². The van der Waals surface area contributed by atoms with E-state index < -0.39 is 0 Å². The molecule has 4 nitrogen and oxygen atoms in total. The Bertz CT molecular complexity index is 707. The first-order valence-electron chi connectivity index (χ1n) is 7.07. The van der Waals surface area contributed by atoms with Crippen molar-refractivity contribution >= 4 is 16.7 Å². The summed E-state index contributed by atoms with van der Waals surface area (Å²) in [7, 11) is 0. The smallest absolute Gasteiger partial charge is 0.130 e. The fourth-order valence-corrected chi connectivity index (χ4v) is 2.34. The van der Waals surface area contributed by atoms with E-state index in [0.29, 0.717) is 24.4 Å². The molecule has 0 saturated heterocycles. The third-order valence-electron chi connectivity index (χ3n) is 3.23. The van der Waals surface area contributed by atoms with Crippen molar-refractivity contribution in [1.82, 2.24) is 4.98 Å². The summed E-state index contributed by atoms with van der Waals surface area (Å²) in [6.07, 6.45) is 0.448. The van der Waals surface area contributed by atoms with Gasteiger partial charge in [0.15, 0.2) is 0 Å². The lowest BCUT2D eigenvalue weighted by Crippen LogP contribution is -2.29.